The molecule has 13 heteroatoms. The first-order chi connectivity index (χ1) is 26.5. The molecule has 0 unspecified atom stereocenters. The zero-order chi connectivity index (χ0) is 39.1. The van der Waals surface area contributed by atoms with E-state index in [9.17, 15) is 9.59 Å². The van der Waals surface area contributed by atoms with Crippen molar-refractivity contribution in [3.8, 4) is 33.9 Å². The number of carbonyl (C=O) groups excluding carboxylic acids is 2. The molecule has 2 spiro atoms. The fourth-order valence-corrected chi connectivity index (χ4v) is 9.90. The number of nitrogens with zero attached hydrogens (tertiary/aromatic N) is 4. The second-order valence-electron chi connectivity index (χ2n) is 19.1. The summed E-state index contributed by atoms with van der Waals surface area (Å²) in [4.78, 5) is 43.5. The molecule has 4 fully saturated rings. The van der Waals surface area contributed by atoms with Crippen LogP contribution in [0.2, 0.25) is 5.15 Å². The van der Waals surface area contributed by atoms with Gasteiger partial charge >= 0.3 is 12.2 Å². The van der Waals surface area contributed by atoms with Crippen LogP contribution in [0.5, 0.6) is 11.5 Å². The smallest absolute Gasteiger partial charge is 0.410 e. The highest BCUT2D eigenvalue weighted by molar-refractivity contribution is 6.35. The van der Waals surface area contributed by atoms with E-state index in [2.05, 4.69) is 23.2 Å². The predicted octanol–water partition coefficient (Wildman–Crippen LogP) is 10.2. The summed E-state index contributed by atoms with van der Waals surface area (Å²) in [6, 6.07) is 7.87. The van der Waals surface area contributed by atoms with Crippen LogP contribution >= 0.6 is 23.2 Å². The van der Waals surface area contributed by atoms with Crippen LogP contribution in [0.1, 0.15) is 115 Å². The van der Waals surface area contributed by atoms with Crippen molar-refractivity contribution in [2.75, 3.05) is 13.1 Å². The van der Waals surface area contributed by atoms with Gasteiger partial charge in [0.2, 0.25) is 0 Å². The molecule has 5 aliphatic heterocycles. The Morgan fingerprint density at radius 3 is 1.86 bits per heavy atom. The van der Waals surface area contributed by atoms with E-state index in [1.165, 1.54) is 0 Å². The van der Waals surface area contributed by atoms with Gasteiger partial charge in [-0.05, 0) is 121 Å². The first-order valence-electron chi connectivity index (χ1n) is 19.8. The lowest BCUT2D eigenvalue weighted by Gasteiger charge is -2.30. The van der Waals surface area contributed by atoms with Crippen LogP contribution in [0.4, 0.5) is 9.59 Å². The number of benzene rings is 2. The van der Waals surface area contributed by atoms with Crippen LogP contribution in [-0.2, 0) is 22.7 Å². The number of likely N-dealkylation sites (tertiary alicyclic amines) is 2. The van der Waals surface area contributed by atoms with Gasteiger partial charge in [-0.25, -0.2) is 19.6 Å². The zero-order valence-corrected chi connectivity index (χ0v) is 34.2. The number of aromatic amines is 1. The molecular weight excluding hydrogens is 753 g/mol. The number of amides is 2. The highest BCUT2D eigenvalue weighted by atomic mass is 35.5. The van der Waals surface area contributed by atoms with Gasteiger partial charge in [-0.3, -0.25) is 9.80 Å². The molecule has 7 aliphatic rings. The first kappa shape index (κ1) is 36.1. The molecule has 294 valence electrons. The van der Waals surface area contributed by atoms with Crippen molar-refractivity contribution in [1.29, 1.82) is 0 Å². The molecule has 3 aromatic rings. The minimum Gasteiger partial charge on any atom is -0.488 e. The molecule has 2 amide bonds. The number of ether oxygens (including phenoxy) is 4. The normalized spacial score (nSPS) is 23.6. The van der Waals surface area contributed by atoms with Crippen molar-refractivity contribution in [3.63, 3.8) is 0 Å². The molecule has 2 saturated carbocycles. The molecule has 0 radical (unpaired) electrons. The Morgan fingerprint density at radius 2 is 1.30 bits per heavy atom. The summed E-state index contributed by atoms with van der Waals surface area (Å²) in [5, 5.41) is 0.856. The summed E-state index contributed by atoms with van der Waals surface area (Å²) >= 11 is 13.8. The van der Waals surface area contributed by atoms with Gasteiger partial charge in [0.25, 0.3) is 0 Å². The molecule has 2 saturated heterocycles. The van der Waals surface area contributed by atoms with E-state index in [1.54, 1.807) is 0 Å². The molecule has 2 atom stereocenters. The lowest BCUT2D eigenvalue weighted by Crippen LogP contribution is -2.43. The molecule has 1 N–H and O–H groups in total. The maximum absolute atomic E-state index is 13.3. The summed E-state index contributed by atoms with van der Waals surface area (Å²) in [6.45, 7) is 13.4. The van der Waals surface area contributed by atoms with Gasteiger partial charge in [0.1, 0.15) is 57.7 Å². The van der Waals surface area contributed by atoms with Crippen molar-refractivity contribution >= 4 is 46.7 Å². The second kappa shape index (κ2) is 12.1. The Morgan fingerprint density at radius 1 is 0.786 bits per heavy atom. The van der Waals surface area contributed by atoms with E-state index in [0.29, 0.717) is 54.6 Å². The summed E-state index contributed by atoms with van der Waals surface area (Å²) < 4.78 is 24.6. The number of hydrogen-bond donors (Lipinski definition) is 1. The number of rotatable bonds is 4. The Balaban J connectivity index is 0.912. The summed E-state index contributed by atoms with van der Waals surface area (Å²) in [5.41, 5.74) is 7.31. The Labute approximate surface area is 336 Å². The first-order valence-corrected chi connectivity index (χ1v) is 20.5. The van der Waals surface area contributed by atoms with Crippen molar-refractivity contribution in [2.24, 2.45) is 15.8 Å². The van der Waals surface area contributed by atoms with Gasteiger partial charge in [-0.15, -0.1) is 0 Å². The Bertz CT molecular complexity index is 2240. The zero-order valence-electron chi connectivity index (χ0n) is 32.7. The van der Waals surface area contributed by atoms with E-state index in [-0.39, 0.29) is 35.1 Å². The topological polar surface area (TPSA) is 119 Å². The Kier molecular flexibility index (Phi) is 7.84. The quantitative estimate of drug-likeness (QED) is 0.261. The average Bonchev–Trinajstić information content (AvgIpc) is 3.80. The number of hydrogen-bond acceptors (Lipinski definition) is 8. The SMILES string of the molecule is CC(C)(C)OC(=O)N1CC2(CC2)C[C@H]1C1=NC(Cl)=C(c2cc3c4c(c2)OCc2cc(-c5nc([C@@H]6CC7(CC7)CN6C(=O)OC(C)(C)C)[nH]c5Cl)cc(c2-4)OC3)C1. The van der Waals surface area contributed by atoms with Gasteiger partial charge in [-0.1, -0.05) is 23.2 Å². The van der Waals surface area contributed by atoms with Gasteiger partial charge in [0, 0.05) is 58.6 Å². The number of H-pyrrole nitrogens is 1. The molecule has 6 heterocycles. The van der Waals surface area contributed by atoms with Crippen molar-refractivity contribution < 1.29 is 28.5 Å². The predicted molar refractivity (Wildman–Crippen MR) is 213 cm³/mol. The number of halogens is 2. The molecular formula is C43H47Cl2N5O6. The van der Waals surface area contributed by atoms with E-state index >= 15 is 0 Å². The van der Waals surface area contributed by atoms with Crippen LogP contribution in [0.3, 0.4) is 0 Å². The van der Waals surface area contributed by atoms with Gasteiger partial charge in [0.15, 0.2) is 0 Å². The largest absolute Gasteiger partial charge is 0.488 e. The second-order valence-corrected chi connectivity index (χ2v) is 19.8. The third-order valence-electron chi connectivity index (χ3n) is 12.4. The van der Waals surface area contributed by atoms with Gasteiger partial charge in [-0.2, -0.15) is 0 Å². The van der Waals surface area contributed by atoms with E-state index in [1.807, 2.05) is 57.4 Å². The fourth-order valence-electron chi connectivity index (χ4n) is 9.37. The number of nitrogens with one attached hydrogen (secondary N) is 1. The third-order valence-corrected chi connectivity index (χ3v) is 13.0. The number of allylic oxidation sites excluding steroid dienone is 1. The van der Waals surface area contributed by atoms with E-state index < -0.39 is 11.2 Å². The highest BCUT2D eigenvalue weighted by Crippen LogP contribution is 2.59. The molecule has 2 aliphatic carbocycles. The van der Waals surface area contributed by atoms with Crippen LogP contribution in [0.25, 0.3) is 28.0 Å². The number of aromatic nitrogens is 2. The van der Waals surface area contributed by atoms with Gasteiger partial charge < -0.3 is 23.9 Å². The van der Waals surface area contributed by atoms with Crippen molar-refractivity contribution in [3.05, 3.63) is 57.1 Å². The number of aliphatic imine (C=N–C) groups is 1. The maximum Gasteiger partial charge on any atom is 0.410 e. The minimum atomic E-state index is -0.597. The van der Waals surface area contributed by atoms with Crippen LogP contribution in [-0.4, -0.2) is 68.0 Å². The molecule has 1 aromatic heterocycles. The summed E-state index contributed by atoms with van der Waals surface area (Å²) in [6.07, 6.45) is 6.06. The molecule has 56 heavy (non-hydrogen) atoms. The van der Waals surface area contributed by atoms with E-state index in [0.717, 1.165) is 94.7 Å². The number of imidazole rings is 1. The van der Waals surface area contributed by atoms with Crippen molar-refractivity contribution in [1.82, 2.24) is 19.8 Å². The number of carbonyl (C=O) groups is 2. The van der Waals surface area contributed by atoms with Crippen LogP contribution in [0, 0.1) is 10.8 Å². The maximum atomic E-state index is 13.3. The molecule has 11 nitrogen and oxygen atoms in total. The Hall–Kier alpha value is -4.22. The van der Waals surface area contributed by atoms with Crippen LogP contribution in [0.15, 0.2) is 34.4 Å². The highest BCUT2D eigenvalue weighted by Gasteiger charge is 2.56. The minimum absolute atomic E-state index is 0.126. The van der Waals surface area contributed by atoms with Crippen molar-refractivity contribution in [2.45, 2.75) is 123 Å². The van der Waals surface area contributed by atoms with Crippen LogP contribution < -0.4 is 9.47 Å². The molecule has 2 aromatic carbocycles. The van der Waals surface area contributed by atoms with Gasteiger partial charge in [0.05, 0.1) is 12.1 Å². The van der Waals surface area contributed by atoms with E-state index in [4.69, 9.17) is 52.1 Å². The molecule has 0 bridgehead atoms. The summed E-state index contributed by atoms with van der Waals surface area (Å²) in [5.74, 6) is 2.18. The molecule has 10 rings (SSSR count). The summed E-state index contributed by atoms with van der Waals surface area (Å²) in [7, 11) is 0. The fraction of sp³-hybridized carbons (Fsp3) is 0.535. The third kappa shape index (κ3) is 6.24. The monoisotopic (exact) mass is 799 g/mol. The standard InChI is InChI=1S/C43H47Cl2N5O6/c1-40(2,3)55-38(51)49-20-42(7-8-42)16-28(49)27-15-26(35(44)46-27)22-11-24-18-54-31-14-23(12-25-19-53-30(13-22)32(24)33(25)31)34-36(45)48-37(47-34)29-17-43(9-10-43)21-50(29)39(52)56-41(4,5)6/h11-14,28-29H,7-10,15-21H2,1-6H3,(H,47,48)/t28-,29-/m0/s1. The average molecular weight is 801 g/mol. The lowest BCUT2D eigenvalue weighted by atomic mass is 9.86. The lowest BCUT2D eigenvalue weighted by molar-refractivity contribution is 0.0210.